The number of rotatable bonds is 2. The fourth-order valence-corrected chi connectivity index (χ4v) is 1.26. The monoisotopic (exact) mass is 158 g/mol. The molecule has 0 spiro atoms. The predicted molar refractivity (Wildman–Crippen MR) is 46.8 cm³/mol. The molecule has 0 aliphatic carbocycles. The summed E-state index contributed by atoms with van der Waals surface area (Å²) in [6.07, 6.45) is 3.06. The second kappa shape index (κ2) is 5.16. The molecule has 1 rings (SSSR count). The number of ether oxygens (including phenoxy) is 1. The average molecular weight is 158 g/mol. The minimum absolute atomic E-state index is 0. The van der Waals surface area contributed by atoms with Crippen LogP contribution in [0.5, 0.6) is 0 Å². The summed E-state index contributed by atoms with van der Waals surface area (Å²) in [6.45, 7) is 8.64. The highest BCUT2D eigenvalue weighted by molar-refractivity contribution is 4.81. The van der Waals surface area contributed by atoms with E-state index in [4.69, 9.17) is 4.74 Å². The van der Waals surface area contributed by atoms with E-state index >= 15 is 0 Å². The van der Waals surface area contributed by atoms with E-state index in [0.717, 1.165) is 26.2 Å². The van der Waals surface area contributed by atoms with Crippen LogP contribution in [0.4, 0.5) is 0 Å². The summed E-state index contributed by atoms with van der Waals surface area (Å²) in [5.74, 6) is 0. The van der Waals surface area contributed by atoms with Gasteiger partial charge < -0.3 is 15.8 Å². The van der Waals surface area contributed by atoms with Gasteiger partial charge in [0.05, 0.1) is 19.3 Å². The molecule has 0 saturated carbocycles. The first-order chi connectivity index (χ1) is 4.88. The molecule has 3 nitrogen and oxygen atoms in total. The Morgan fingerprint density at radius 1 is 1.73 bits per heavy atom. The second-order valence-electron chi connectivity index (χ2n) is 2.56. The van der Waals surface area contributed by atoms with E-state index in [1.807, 2.05) is 6.20 Å². The molecule has 3 heteroatoms. The highest BCUT2D eigenvalue weighted by atomic mass is 16.5. The van der Waals surface area contributed by atoms with Crippen molar-refractivity contribution in [3.8, 4) is 0 Å². The Bertz CT molecular complexity index is 117. The maximum absolute atomic E-state index is 5.32. The average Bonchev–Trinajstić information content (AvgIpc) is 2.04. The molecule has 66 valence electrons. The minimum Gasteiger partial charge on any atom is -0.377 e. The van der Waals surface area contributed by atoms with Crippen LogP contribution in [0.15, 0.2) is 12.8 Å². The van der Waals surface area contributed by atoms with Gasteiger partial charge in [0.2, 0.25) is 0 Å². The summed E-state index contributed by atoms with van der Waals surface area (Å²) in [7, 11) is 0. The van der Waals surface area contributed by atoms with Gasteiger partial charge in [0.1, 0.15) is 0 Å². The number of nitrogens with zero attached hydrogens (tertiary/aromatic N) is 1. The van der Waals surface area contributed by atoms with Gasteiger partial charge in [0.15, 0.2) is 0 Å². The van der Waals surface area contributed by atoms with Gasteiger partial charge in [0.25, 0.3) is 0 Å². The van der Waals surface area contributed by atoms with Crippen LogP contribution in [0.1, 0.15) is 13.3 Å². The lowest BCUT2D eigenvalue weighted by molar-refractivity contribution is 0.0153. The van der Waals surface area contributed by atoms with Crippen molar-refractivity contribution in [2.75, 3.05) is 19.8 Å². The molecule has 1 atom stereocenters. The standard InChI is InChI=1S/C8H15NO.H3N/c1-3-8-7-10-6-5-9(8)4-2;/h4,8H,2-3,5-7H2,1H3;1H3. The minimum atomic E-state index is 0. The summed E-state index contributed by atoms with van der Waals surface area (Å²) < 4.78 is 5.32. The lowest BCUT2D eigenvalue weighted by Crippen LogP contribution is -2.41. The van der Waals surface area contributed by atoms with Gasteiger partial charge in [-0.15, -0.1) is 0 Å². The fourth-order valence-electron chi connectivity index (χ4n) is 1.26. The smallest absolute Gasteiger partial charge is 0.0670 e. The molecule has 1 aliphatic heterocycles. The normalized spacial score (nSPS) is 24.1. The third-order valence-electron chi connectivity index (χ3n) is 1.98. The van der Waals surface area contributed by atoms with E-state index < -0.39 is 0 Å². The van der Waals surface area contributed by atoms with Crippen molar-refractivity contribution in [2.45, 2.75) is 19.4 Å². The lowest BCUT2D eigenvalue weighted by Gasteiger charge is -2.33. The van der Waals surface area contributed by atoms with E-state index in [-0.39, 0.29) is 6.15 Å². The highest BCUT2D eigenvalue weighted by Crippen LogP contribution is 2.09. The van der Waals surface area contributed by atoms with Crippen molar-refractivity contribution < 1.29 is 4.74 Å². The van der Waals surface area contributed by atoms with Crippen molar-refractivity contribution in [2.24, 2.45) is 0 Å². The Morgan fingerprint density at radius 3 is 2.91 bits per heavy atom. The van der Waals surface area contributed by atoms with E-state index in [2.05, 4.69) is 18.4 Å². The van der Waals surface area contributed by atoms with Gasteiger partial charge in [-0.1, -0.05) is 13.5 Å². The van der Waals surface area contributed by atoms with Crippen LogP contribution < -0.4 is 6.15 Å². The van der Waals surface area contributed by atoms with E-state index in [9.17, 15) is 0 Å². The Hall–Kier alpha value is -0.540. The first-order valence-electron chi connectivity index (χ1n) is 3.84. The first kappa shape index (κ1) is 10.5. The highest BCUT2D eigenvalue weighted by Gasteiger charge is 2.16. The third-order valence-corrected chi connectivity index (χ3v) is 1.98. The molecular formula is C8H18N2O. The number of hydrogen-bond acceptors (Lipinski definition) is 3. The van der Waals surface area contributed by atoms with Crippen LogP contribution in [0.25, 0.3) is 0 Å². The van der Waals surface area contributed by atoms with Crippen LogP contribution in [0, 0.1) is 0 Å². The second-order valence-corrected chi connectivity index (χ2v) is 2.56. The van der Waals surface area contributed by atoms with E-state index in [1.54, 1.807) is 0 Å². The molecule has 0 aromatic carbocycles. The van der Waals surface area contributed by atoms with Gasteiger partial charge in [-0.25, -0.2) is 0 Å². The number of hydrogen-bond donors (Lipinski definition) is 1. The van der Waals surface area contributed by atoms with Crippen molar-refractivity contribution in [3.05, 3.63) is 12.8 Å². The topological polar surface area (TPSA) is 47.5 Å². The molecule has 1 unspecified atom stereocenters. The largest absolute Gasteiger partial charge is 0.377 e. The Balaban J connectivity index is 0.000001000. The number of morpholine rings is 1. The zero-order valence-electron chi connectivity index (χ0n) is 7.25. The van der Waals surface area contributed by atoms with E-state index in [0.29, 0.717) is 6.04 Å². The van der Waals surface area contributed by atoms with Gasteiger partial charge in [-0.3, -0.25) is 0 Å². The van der Waals surface area contributed by atoms with Gasteiger partial charge in [0, 0.05) is 6.54 Å². The molecule has 0 radical (unpaired) electrons. The molecule has 0 amide bonds. The molecule has 0 aromatic heterocycles. The van der Waals surface area contributed by atoms with Crippen LogP contribution in [-0.2, 0) is 4.74 Å². The van der Waals surface area contributed by atoms with Gasteiger partial charge in [-0.2, -0.15) is 0 Å². The lowest BCUT2D eigenvalue weighted by atomic mass is 10.2. The molecule has 1 fully saturated rings. The molecule has 1 saturated heterocycles. The van der Waals surface area contributed by atoms with Crippen LogP contribution in [0.2, 0.25) is 0 Å². The molecule has 3 N–H and O–H groups in total. The predicted octanol–water partition coefficient (Wildman–Crippen LogP) is 1.40. The molecule has 1 aliphatic rings. The van der Waals surface area contributed by atoms with Crippen molar-refractivity contribution in [3.63, 3.8) is 0 Å². The molecule has 0 bridgehead atoms. The quantitative estimate of drug-likeness (QED) is 0.661. The summed E-state index contributed by atoms with van der Waals surface area (Å²) in [5, 5.41) is 0. The summed E-state index contributed by atoms with van der Waals surface area (Å²) in [6, 6.07) is 0.561. The SMILES string of the molecule is C=CN1CCOCC1CC.N. The molecule has 11 heavy (non-hydrogen) atoms. The van der Waals surface area contributed by atoms with Crippen LogP contribution in [0.3, 0.4) is 0 Å². The van der Waals surface area contributed by atoms with Crippen molar-refractivity contribution >= 4 is 0 Å². The first-order valence-corrected chi connectivity index (χ1v) is 3.84. The maximum Gasteiger partial charge on any atom is 0.0670 e. The summed E-state index contributed by atoms with van der Waals surface area (Å²) in [5.41, 5.74) is 0. The zero-order valence-corrected chi connectivity index (χ0v) is 7.25. The Labute approximate surface area is 68.6 Å². The van der Waals surface area contributed by atoms with E-state index in [1.165, 1.54) is 0 Å². The van der Waals surface area contributed by atoms with Crippen LogP contribution >= 0.6 is 0 Å². The van der Waals surface area contributed by atoms with Crippen molar-refractivity contribution in [1.82, 2.24) is 11.1 Å². The molecule has 0 aromatic rings. The maximum atomic E-state index is 5.32. The molecular weight excluding hydrogens is 140 g/mol. The van der Waals surface area contributed by atoms with Crippen LogP contribution in [-0.4, -0.2) is 30.7 Å². The van der Waals surface area contributed by atoms with Gasteiger partial charge in [-0.05, 0) is 12.6 Å². The Kier molecular flexibility index (Phi) is 4.90. The summed E-state index contributed by atoms with van der Waals surface area (Å²) in [4.78, 5) is 2.25. The van der Waals surface area contributed by atoms with Crippen molar-refractivity contribution in [1.29, 1.82) is 0 Å². The third kappa shape index (κ3) is 2.52. The summed E-state index contributed by atoms with van der Waals surface area (Å²) >= 11 is 0. The Morgan fingerprint density at radius 2 is 2.45 bits per heavy atom. The fraction of sp³-hybridized carbons (Fsp3) is 0.750. The van der Waals surface area contributed by atoms with Gasteiger partial charge >= 0.3 is 0 Å². The zero-order chi connectivity index (χ0) is 7.40. The molecule has 1 heterocycles.